The third-order valence-corrected chi connectivity index (χ3v) is 5.56. The first-order valence-corrected chi connectivity index (χ1v) is 6.84. The van der Waals surface area contributed by atoms with Gasteiger partial charge in [0.05, 0.1) is 14.9 Å². The van der Waals surface area contributed by atoms with Crippen LogP contribution in [0.15, 0.2) is 9.85 Å². The summed E-state index contributed by atoms with van der Waals surface area (Å²) in [5.74, 6) is 0.203. The van der Waals surface area contributed by atoms with Crippen molar-refractivity contribution < 1.29 is 4.79 Å². The quantitative estimate of drug-likeness (QED) is 0.716. The predicted molar refractivity (Wildman–Crippen MR) is 64.3 cm³/mol. The van der Waals surface area contributed by atoms with E-state index in [9.17, 15) is 4.79 Å². The van der Waals surface area contributed by atoms with Gasteiger partial charge >= 0.3 is 0 Å². The van der Waals surface area contributed by atoms with E-state index in [1.807, 2.05) is 18.0 Å². The molecule has 1 aromatic heterocycles. The molecule has 4 heteroatoms. The summed E-state index contributed by atoms with van der Waals surface area (Å²) in [5, 5.41) is 0. The second-order valence-corrected chi connectivity index (χ2v) is 6.83. The van der Waals surface area contributed by atoms with Crippen molar-refractivity contribution in [1.82, 2.24) is 4.90 Å². The van der Waals surface area contributed by atoms with Gasteiger partial charge in [-0.05, 0) is 34.8 Å². The van der Waals surface area contributed by atoms with Crippen LogP contribution in [-0.4, -0.2) is 17.9 Å². The molecule has 80 valence electrons. The molecule has 15 heavy (non-hydrogen) atoms. The van der Waals surface area contributed by atoms with Gasteiger partial charge in [0.2, 0.25) is 0 Å². The highest BCUT2D eigenvalue weighted by Gasteiger charge is 2.50. The molecule has 2 aliphatic rings. The molecule has 0 bridgehead atoms. The standard InChI is InChI=1S/C11H12BrNOS/c1-13-10(14)7-6-8(12)15-9(7)11(13)4-2-3-5-11/h6H,2-5H2,1H3. The van der Waals surface area contributed by atoms with Gasteiger partial charge in [-0.2, -0.15) is 0 Å². The molecular weight excluding hydrogens is 274 g/mol. The molecule has 2 nitrogen and oxygen atoms in total. The molecule has 1 amide bonds. The van der Waals surface area contributed by atoms with E-state index in [1.54, 1.807) is 11.3 Å². The van der Waals surface area contributed by atoms with E-state index in [0.717, 1.165) is 22.2 Å². The SMILES string of the molecule is CN1C(=O)c2cc(Br)sc2C12CCCC2. The fraction of sp³-hybridized carbons (Fsp3) is 0.545. The van der Waals surface area contributed by atoms with E-state index in [0.29, 0.717) is 0 Å². The Bertz CT molecular complexity index is 434. The lowest BCUT2D eigenvalue weighted by Crippen LogP contribution is -2.38. The number of carbonyl (C=O) groups excluding carboxylic acids is 1. The molecule has 1 spiro atoms. The van der Waals surface area contributed by atoms with E-state index >= 15 is 0 Å². The van der Waals surface area contributed by atoms with Crippen molar-refractivity contribution in [3.63, 3.8) is 0 Å². The number of hydrogen-bond acceptors (Lipinski definition) is 2. The number of amides is 1. The van der Waals surface area contributed by atoms with E-state index in [4.69, 9.17) is 0 Å². The lowest BCUT2D eigenvalue weighted by molar-refractivity contribution is 0.0645. The predicted octanol–water partition coefficient (Wildman–Crippen LogP) is 3.37. The topological polar surface area (TPSA) is 20.3 Å². The summed E-state index contributed by atoms with van der Waals surface area (Å²) in [4.78, 5) is 15.3. The van der Waals surface area contributed by atoms with Crippen molar-refractivity contribution in [2.75, 3.05) is 7.05 Å². The van der Waals surface area contributed by atoms with Gasteiger partial charge in [0, 0.05) is 11.9 Å². The van der Waals surface area contributed by atoms with Crippen LogP contribution in [-0.2, 0) is 5.54 Å². The molecule has 2 heterocycles. The number of rotatable bonds is 0. The van der Waals surface area contributed by atoms with Crippen molar-refractivity contribution in [3.05, 3.63) is 20.3 Å². The summed E-state index contributed by atoms with van der Waals surface area (Å²) in [6.07, 6.45) is 4.75. The molecule has 1 aliphatic heterocycles. The maximum atomic E-state index is 12.1. The molecule has 0 unspecified atom stereocenters. The summed E-state index contributed by atoms with van der Waals surface area (Å²) in [7, 11) is 1.95. The molecule has 0 radical (unpaired) electrons. The van der Waals surface area contributed by atoms with Crippen molar-refractivity contribution in [1.29, 1.82) is 0 Å². The molecule has 1 aliphatic carbocycles. The molecule has 0 atom stereocenters. The Hall–Kier alpha value is -0.350. The average Bonchev–Trinajstić information content (AvgIpc) is 2.85. The van der Waals surface area contributed by atoms with Crippen LogP contribution in [0, 0.1) is 0 Å². The van der Waals surface area contributed by atoms with Gasteiger partial charge in [-0.25, -0.2) is 0 Å². The van der Waals surface area contributed by atoms with E-state index in [1.165, 1.54) is 17.7 Å². The fourth-order valence-electron chi connectivity index (χ4n) is 2.92. The number of hydrogen-bond donors (Lipinski definition) is 0. The molecule has 1 saturated carbocycles. The lowest BCUT2D eigenvalue weighted by atomic mass is 9.96. The van der Waals surface area contributed by atoms with E-state index in [2.05, 4.69) is 15.9 Å². The number of halogens is 1. The Morgan fingerprint density at radius 3 is 2.80 bits per heavy atom. The van der Waals surface area contributed by atoms with Crippen LogP contribution in [0.25, 0.3) is 0 Å². The Morgan fingerprint density at radius 1 is 1.47 bits per heavy atom. The van der Waals surface area contributed by atoms with Crippen molar-refractivity contribution in [3.8, 4) is 0 Å². The zero-order valence-electron chi connectivity index (χ0n) is 8.55. The zero-order valence-corrected chi connectivity index (χ0v) is 10.9. The summed E-state index contributed by atoms with van der Waals surface area (Å²) >= 11 is 5.22. The third kappa shape index (κ3) is 1.12. The van der Waals surface area contributed by atoms with Crippen LogP contribution in [0.2, 0.25) is 0 Å². The van der Waals surface area contributed by atoms with Crippen molar-refractivity contribution in [2.45, 2.75) is 31.2 Å². The highest BCUT2D eigenvalue weighted by atomic mass is 79.9. The number of carbonyl (C=O) groups is 1. The van der Waals surface area contributed by atoms with Crippen LogP contribution >= 0.6 is 27.3 Å². The molecular formula is C11H12BrNOS. The van der Waals surface area contributed by atoms with Crippen LogP contribution in [0.1, 0.15) is 40.9 Å². The average molecular weight is 286 g/mol. The van der Waals surface area contributed by atoms with Gasteiger partial charge in [-0.15, -0.1) is 11.3 Å². The van der Waals surface area contributed by atoms with E-state index < -0.39 is 0 Å². The van der Waals surface area contributed by atoms with E-state index in [-0.39, 0.29) is 11.4 Å². The highest BCUT2D eigenvalue weighted by molar-refractivity contribution is 9.11. The van der Waals surface area contributed by atoms with Crippen molar-refractivity contribution >= 4 is 33.2 Å². The molecule has 3 rings (SSSR count). The van der Waals surface area contributed by atoms with Crippen LogP contribution in [0.4, 0.5) is 0 Å². The summed E-state index contributed by atoms with van der Waals surface area (Å²) in [6.45, 7) is 0. The second-order valence-electron chi connectivity index (χ2n) is 4.40. The zero-order chi connectivity index (χ0) is 10.6. The fourth-order valence-corrected chi connectivity index (χ4v) is 4.79. The van der Waals surface area contributed by atoms with Crippen LogP contribution in [0.5, 0.6) is 0 Å². The largest absolute Gasteiger partial charge is 0.331 e. The molecule has 0 N–H and O–H groups in total. The van der Waals surface area contributed by atoms with Gasteiger partial charge in [0.15, 0.2) is 0 Å². The maximum Gasteiger partial charge on any atom is 0.255 e. The lowest BCUT2D eigenvalue weighted by Gasteiger charge is -2.32. The van der Waals surface area contributed by atoms with Crippen LogP contribution in [0.3, 0.4) is 0 Å². The summed E-state index contributed by atoms with van der Waals surface area (Å²) < 4.78 is 1.08. The minimum atomic E-state index is 0.0447. The monoisotopic (exact) mass is 285 g/mol. The number of fused-ring (bicyclic) bond motifs is 2. The van der Waals surface area contributed by atoms with Gasteiger partial charge in [-0.3, -0.25) is 4.79 Å². The summed E-state index contributed by atoms with van der Waals surface area (Å²) in [5.41, 5.74) is 0.972. The molecule has 0 saturated heterocycles. The third-order valence-electron chi connectivity index (χ3n) is 3.73. The minimum absolute atomic E-state index is 0.0447. The number of nitrogens with zero attached hydrogens (tertiary/aromatic N) is 1. The van der Waals surface area contributed by atoms with Gasteiger partial charge < -0.3 is 4.90 Å². The maximum absolute atomic E-state index is 12.1. The Morgan fingerprint density at radius 2 is 2.13 bits per heavy atom. The van der Waals surface area contributed by atoms with Gasteiger partial charge in [0.1, 0.15) is 0 Å². The Labute approximate surface area is 101 Å². The first kappa shape index (κ1) is 9.85. The Kier molecular flexibility index (Phi) is 2.02. The smallest absolute Gasteiger partial charge is 0.255 e. The normalized spacial score (nSPS) is 22.8. The first-order chi connectivity index (χ1) is 7.15. The first-order valence-electron chi connectivity index (χ1n) is 5.23. The number of thiophene rings is 1. The van der Waals surface area contributed by atoms with Crippen LogP contribution < -0.4 is 0 Å². The molecule has 1 aromatic rings. The Balaban J connectivity index is 2.20. The highest BCUT2D eigenvalue weighted by Crippen LogP contribution is 2.52. The van der Waals surface area contributed by atoms with Crippen molar-refractivity contribution in [2.24, 2.45) is 0 Å². The summed E-state index contributed by atoms with van der Waals surface area (Å²) in [6, 6.07) is 1.98. The second kappa shape index (κ2) is 3.08. The minimum Gasteiger partial charge on any atom is -0.331 e. The van der Waals surface area contributed by atoms with Gasteiger partial charge in [0.25, 0.3) is 5.91 Å². The molecule has 0 aromatic carbocycles. The van der Waals surface area contributed by atoms with Gasteiger partial charge in [-0.1, -0.05) is 12.8 Å². The molecule has 1 fully saturated rings.